The van der Waals surface area contributed by atoms with Crippen LogP contribution >= 0.6 is 0 Å². The topological polar surface area (TPSA) is 126 Å². The Labute approximate surface area is 155 Å². The minimum atomic E-state index is -0.437. The summed E-state index contributed by atoms with van der Waals surface area (Å²) < 4.78 is 8.76. The average Bonchev–Trinajstić information content (AvgIpc) is 3.08. The van der Waals surface area contributed by atoms with E-state index in [4.69, 9.17) is 15.7 Å². The first kappa shape index (κ1) is 31.4. The van der Waals surface area contributed by atoms with Gasteiger partial charge in [0.05, 0.1) is 33.7 Å². The molecule has 1 aliphatic heterocycles. The Morgan fingerprint density at radius 2 is 1.84 bits per heavy atom. The first-order chi connectivity index (χ1) is 10.7. The van der Waals surface area contributed by atoms with E-state index in [2.05, 4.69) is 23.2 Å². The van der Waals surface area contributed by atoms with E-state index in [1.54, 1.807) is 35.1 Å². The molecule has 25 heavy (non-hydrogen) atoms. The SMILES string of the molecule is C=[O+]C(C)=O.CC([O-])=N[N+](C)(C)CC(C)O.CC1CO1.CN(C)N.[3HH].[B]. The number of epoxide rings is 1. The van der Waals surface area contributed by atoms with Gasteiger partial charge < -0.3 is 14.9 Å². The number of likely N-dealkylation sites (N-methyl/N-ethyl adjacent to an activating group) is 1. The number of hydrogen-bond donors (Lipinski definition) is 2. The van der Waals surface area contributed by atoms with E-state index >= 15 is 0 Å². The molecule has 0 saturated carbocycles. The molecule has 1 aliphatic rings. The molecule has 0 spiro atoms. The number of quaternary nitrogens is 1. The van der Waals surface area contributed by atoms with E-state index in [1.165, 1.54) is 18.9 Å². The van der Waals surface area contributed by atoms with Crippen molar-refractivity contribution in [2.75, 3.05) is 41.3 Å². The molecule has 0 aromatic heterocycles. The molecule has 1 fully saturated rings. The number of carbonyl (C=O) groups excluding carboxylic acids is 2. The molecule has 2 atom stereocenters. The lowest BCUT2D eigenvalue weighted by Gasteiger charge is -2.25. The zero-order valence-electron chi connectivity index (χ0n) is 16.9. The van der Waals surface area contributed by atoms with Gasteiger partial charge in [-0.2, -0.15) is 0 Å². The van der Waals surface area contributed by atoms with Gasteiger partial charge in [-0.3, -0.25) is 15.3 Å². The van der Waals surface area contributed by atoms with Crippen LogP contribution in [0.3, 0.4) is 0 Å². The van der Waals surface area contributed by atoms with E-state index in [1.807, 2.05) is 0 Å². The molecule has 9 nitrogen and oxygen atoms in total. The summed E-state index contributed by atoms with van der Waals surface area (Å²) in [5.74, 6) is 4.38. The van der Waals surface area contributed by atoms with Gasteiger partial charge in [-0.05, 0) is 20.8 Å². The molecular formula is C15H37BN4O5+. The molecule has 0 amide bonds. The number of hydrogen-bond acceptors (Lipinski definition) is 7. The van der Waals surface area contributed by atoms with Gasteiger partial charge in [0.1, 0.15) is 12.6 Å². The van der Waals surface area contributed by atoms with Crippen LogP contribution in [0.25, 0.3) is 0 Å². The van der Waals surface area contributed by atoms with E-state index in [0.717, 1.165) is 6.61 Å². The van der Waals surface area contributed by atoms with E-state index in [0.29, 0.717) is 12.6 Å². The van der Waals surface area contributed by atoms with Gasteiger partial charge in [0.25, 0.3) is 0 Å². The molecule has 1 heterocycles. The van der Waals surface area contributed by atoms with E-state index in [-0.39, 0.29) is 26.3 Å². The Balaban J connectivity index is -0.0000000823. The Morgan fingerprint density at radius 3 is 1.96 bits per heavy atom. The smallest absolute Gasteiger partial charge is 0.576 e. The molecular weight excluding hydrogens is 327 g/mol. The molecule has 0 aliphatic carbocycles. The van der Waals surface area contributed by atoms with Crippen molar-refractivity contribution < 1.29 is 30.2 Å². The summed E-state index contributed by atoms with van der Waals surface area (Å²) in [5.41, 5.74) is 0. The monoisotopic (exact) mass is 366 g/mol. The molecule has 10 heteroatoms. The van der Waals surface area contributed by atoms with Gasteiger partial charge >= 0.3 is 5.97 Å². The lowest BCUT2D eigenvalue weighted by molar-refractivity contribution is -0.901. The van der Waals surface area contributed by atoms with Gasteiger partial charge in [-0.25, -0.2) is 4.59 Å². The third kappa shape index (κ3) is 51.8. The highest BCUT2D eigenvalue weighted by molar-refractivity contribution is 5.75. The summed E-state index contributed by atoms with van der Waals surface area (Å²) >= 11 is 0. The normalized spacial score (nSPS) is 16.4. The van der Waals surface area contributed by atoms with Crippen molar-refractivity contribution in [1.29, 1.82) is 0 Å². The maximum absolute atomic E-state index is 10.6. The van der Waals surface area contributed by atoms with Crippen LogP contribution in [0.4, 0.5) is 0 Å². The van der Waals surface area contributed by atoms with Crippen LogP contribution in [0.2, 0.25) is 0 Å². The van der Waals surface area contributed by atoms with Crippen LogP contribution in [0.1, 0.15) is 29.1 Å². The summed E-state index contributed by atoms with van der Waals surface area (Å²) in [6, 6.07) is 0. The second-order valence-electron chi connectivity index (χ2n) is 6.02. The predicted octanol–water partition coefficient (Wildman–Crippen LogP) is -1.27. The summed E-state index contributed by atoms with van der Waals surface area (Å²) in [6.45, 7) is 10.7. The maximum Gasteiger partial charge on any atom is 0.576 e. The van der Waals surface area contributed by atoms with Crippen LogP contribution in [-0.4, -0.2) is 95.3 Å². The standard InChI is InChI=1S/C7H16N2O2.C3H5O2.C3H6O.C2H8N2.B.H2/c1-6(10)5-9(3,4)8-7(2)11;1-3(4)5-2;1-3-2-4-3;1-4(2)3;;/h6,10H,5H2,1-4H3;2H2,1H3;3H,2H2,1H3;3H2,1-2H3;;1H/q;+1;;;;/i;;;;;1+2. The highest BCUT2D eigenvalue weighted by atomic mass is 16.6. The number of carbonyl (C=O) groups is 1. The Bertz CT molecular complexity index is 372. The fourth-order valence-electron chi connectivity index (χ4n) is 1.16. The molecule has 0 aromatic rings. The number of nitrogens with two attached hydrogens (primary N) is 1. The number of nitrogens with zero attached hydrogens (tertiary/aromatic N) is 3. The fourth-order valence-corrected chi connectivity index (χ4v) is 1.16. The third-order valence-electron chi connectivity index (χ3n) is 1.83. The number of rotatable bonds is 3. The summed E-state index contributed by atoms with van der Waals surface area (Å²) in [6.07, 6.45) is 0.146. The number of aliphatic hydroxyl groups is 1. The van der Waals surface area contributed by atoms with Crippen molar-refractivity contribution in [3.8, 4) is 0 Å². The van der Waals surface area contributed by atoms with E-state index < -0.39 is 6.10 Å². The summed E-state index contributed by atoms with van der Waals surface area (Å²) in [5, 5.41) is 24.9. The lowest BCUT2D eigenvalue weighted by atomic mass is 10.4. The minimum absolute atomic E-state index is 0. The van der Waals surface area contributed by atoms with Crippen LogP contribution in [0, 0.1) is 0 Å². The molecule has 149 valence electrons. The van der Waals surface area contributed by atoms with Gasteiger partial charge in [0, 0.05) is 34.6 Å². The van der Waals surface area contributed by atoms with Crippen molar-refractivity contribution in [2.45, 2.75) is 39.9 Å². The first-order valence-corrected chi connectivity index (χ1v) is 7.44. The predicted molar refractivity (Wildman–Crippen MR) is 101 cm³/mol. The Hall–Kier alpha value is -1.33. The highest BCUT2D eigenvalue weighted by Crippen LogP contribution is 2.04. The average molecular weight is 366 g/mol. The van der Waals surface area contributed by atoms with Gasteiger partial charge in [-0.1, -0.05) is 0 Å². The molecule has 3 N–H and O–H groups in total. The second-order valence-corrected chi connectivity index (χ2v) is 6.02. The van der Waals surface area contributed by atoms with Crippen molar-refractivity contribution in [1.82, 2.24) is 5.01 Å². The number of hydrazine groups is 1. The number of aliphatic hydroxyl groups excluding tert-OH is 1. The highest BCUT2D eigenvalue weighted by Gasteiger charge is 2.16. The molecule has 1 rings (SSSR count). The van der Waals surface area contributed by atoms with Crippen molar-refractivity contribution in [3.63, 3.8) is 0 Å². The Morgan fingerprint density at radius 1 is 1.56 bits per heavy atom. The molecule has 1 saturated heterocycles. The second kappa shape index (κ2) is 17.5. The first-order valence-electron chi connectivity index (χ1n) is 7.44. The van der Waals surface area contributed by atoms with E-state index in [9.17, 15) is 9.90 Å². The molecule has 3 radical (unpaired) electrons. The number of ether oxygens (including phenoxy) is 1. The molecule has 0 aromatic carbocycles. The Kier molecular flexibility index (Phi) is 22.0. The summed E-state index contributed by atoms with van der Waals surface area (Å²) in [4.78, 5) is 9.53. The van der Waals surface area contributed by atoms with Gasteiger partial charge in [0.2, 0.25) is 0 Å². The lowest BCUT2D eigenvalue weighted by Crippen LogP contribution is -2.41. The fraction of sp³-hybridized carbons (Fsp3) is 0.800. The summed E-state index contributed by atoms with van der Waals surface area (Å²) in [7, 11) is 7.10. The third-order valence-corrected chi connectivity index (χ3v) is 1.83. The maximum atomic E-state index is 10.6. The zero-order valence-corrected chi connectivity index (χ0v) is 16.9. The largest absolute Gasteiger partial charge is 0.858 e. The molecule has 0 bridgehead atoms. The quantitative estimate of drug-likeness (QED) is 0.0937. The van der Waals surface area contributed by atoms with Gasteiger partial charge in [-0.15, -0.1) is 5.10 Å². The van der Waals surface area contributed by atoms with Crippen LogP contribution < -0.4 is 10.9 Å². The van der Waals surface area contributed by atoms with Crippen molar-refractivity contribution in [2.24, 2.45) is 10.9 Å². The van der Waals surface area contributed by atoms with Crippen LogP contribution in [-0.2, 0) is 14.0 Å². The van der Waals surface area contributed by atoms with Crippen LogP contribution in [0.5, 0.6) is 0 Å². The van der Waals surface area contributed by atoms with Gasteiger partial charge in [0.15, 0.2) is 6.79 Å². The van der Waals surface area contributed by atoms with Crippen molar-refractivity contribution >= 4 is 27.1 Å². The zero-order chi connectivity index (χ0) is 19.9. The van der Waals surface area contributed by atoms with Crippen molar-refractivity contribution in [3.05, 3.63) is 0 Å². The minimum Gasteiger partial charge on any atom is -0.858 e. The van der Waals surface area contributed by atoms with Crippen LogP contribution in [0.15, 0.2) is 5.10 Å². The molecule has 2 unspecified atom stereocenters.